The summed E-state index contributed by atoms with van der Waals surface area (Å²) >= 11 is 1.02. The van der Waals surface area contributed by atoms with Gasteiger partial charge in [-0.1, -0.05) is 42.5 Å². The molecule has 1 fully saturated rings. The number of sulfonamides is 1. The Bertz CT molecular complexity index is 1830. The number of anilines is 1. The summed E-state index contributed by atoms with van der Waals surface area (Å²) < 4.78 is 94.0. The predicted octanol–water partition coefficient (Wildman–Crippen LogP) is 3.89. The Kier molecular flexibility index (Phi) is 10.3. The van der Waals surface area contributed by atoms with Gasteiger partial charge < -0.3 is 20.5 Å². The van der Waals surface area contributed by atoms with Crippen LogP contribution in [-0.2, 0) is 27.3 Å². The second kappa shape index (κ2) is 13.7. The lowest BCUT2D eigenvalue weighted by atomic mass is 10.0. The van der Waals surface area contributed by atoms with Crippen molar-refractivity contribution in [2.75, 3.05) is 24.5 Å². The maximum atomic E-state index is 13.1. The van der Waals surface area contributed by atoms with Gasteiger partial charge in [-0.2, -0.15) is 9.40 Å². The highest BCUT2D eigenvalue weighted by atomic mass is 32.2. The van der Waals surface area contributed by atoms with Crippen LogP contribution in [0.2, 0.25) is 0 Å². The number of aromatic amines is 1. The third kappa shape index (κ3) is 7.95. The van der Waals surface area contributed by atoms with Crippen molar-refractivity contribution >= 4 is 42.7 Å². The second-order valence-corrected chi connectivity index (χ2v) is 12.7. The lowest BCUT2D eigenvalue weighted by molar-refractivity contribution is -0.274. The molecule has 0 saturated carbocycles. The molecule has 4 aromatic rings. The number of thiazole rings is 1. The zero-order valence-electron chi connectivity index (χ0n) is 23.9. The maximum Gasteiger partial charge on any atom is 0.573 e. The molecule has 0 spiro atoms. The fourth-order valence-corrected chi connectivity index (χ4v) is 6.90. The highest BCUT2D eigenvalue weighted by Crippen LogP contribution is 2.32. The van der Waals surface area contributed by atoms with Gasteiger partial charge in [0.25, 0.3) is 11.5 Å². The number of aliphatic carboxylic acids is 1. The van der Waals surface area contributed by atoms with Crippen molar-refractivity contribution < 1.29 is 45.0 Å². The molecule has 3 heterocycles. The van der Waals surface area contributed by atoms with E-state index in [4.69, 9.17) is 5.73 Å². The number of carbonyl (C=O) groups is 1. The first-order valence-corrected chi connectivity index (χ1v) is 15.7. The van der Waals surface area contributed by atoms with E-state index >= 15 is 0 Å². The Balaban J connectivity index is 0.000000310. The number of rotatable bonds is 8. The number of hydrogen-bond acceptors (Lipinski definition) is 10. The number of carboxylic acid groups (broad SMARTS) is 1. The number of nitrogens with two attached hydrogens (primary N) is 1. The standard InChI is InChI=1S/C17H14F3N5O6S2.C10H13F2N/c18-17(19,20)31-9-1-3-10(4-2-9)33(29,30)25-6-5-24(8-12(25)15(27)28)16-22-11-7-21-23-14(26)13(11)32-16;1-2-10(11,12)9-5-3-8(7-13)4-6-9/h1-4,7,12H,5-6,8H2,(H,23,26)(H,27,28);3-6H,2,7,13H2,1H3/t12-;/m1./s1. The highest BCUT2D eigenvalue weighted by molar-refractivity contribution is 7.89. The van der Waals surface area contributed by atoms with Crippen molar-refractivity contribution in [3.05, 3.63) is 76.2 Å². The van der Waals surface area contributed by atoms with E-state index < -0.39 is 45.6 Å². The van der Waals surface area contributed by atoms with Crippen molar-refractivity contribution in [2.24, 2.45) is 5.73 Å². The number of nitrogens with zero attached hydrogens (tertiary/aromatic N) is 4. The summed E-state index contributed by atoms with van der Waals surface area (Å²) in [4.78, 5) is 29.2. The Hall–Kier alpha value is -4.20. The van der Waals surface area contributed by atoms with Crippen LogP contribution < -0.4 is 20.9 Å². The molecule has 0 amide bonds. The van der Waals surface area contributed by atoms with Crippen LogP contribution in [0.5, 0.6) is 5.75 Å². The first-order chi connectivity index (χ1) is 21.6. The number of piperazine rings is 1. The molecule has 1 aliphatic heterocycles. The van der Waals surface area contributed by atoms with Crippen LogP contribution in [0.3, 0.4) is 0 Å². The summed E-state index contributed by atoms with van der Waals surface area (Å²) in [5.74, 6) is -4.74. The minimum Gasteiger partial charge on any atom is -0.480 e. The molecule has 19 heteroatoms. The predicted molar refractivity (Wildman–Crippen MR) is 157 cm³/mol. The van der Waals surface area contributed by atoms with E-state index in [1.54, 1.807) is 17.0 Å². The molecule has 1 aliphatic rings. The molecule has 0 aliphatic carbocycles. The van der Waals surface area contributed by atoms with E-state index in [0.717, 1.165) is 45.5 Å². The quantitative estimate of drug-likeness (QED) is 0.231. The molecule has 5 rings (SSSR count). The third-order valence-electron chi connectivity index (χ3n) is 6.81. The van der Waals surface area contributed by atoms with Crippen LogP contribution in [0.1, 0.15) is 24.5 Å². The van der Waals surface area contributed by atoms with Crippen LogP contribution in [0.4, 0.5) is 27.1 Å². The average Bonchev–Trinajstić information content (AvgIpc) is 3.46. The monoisotopic (exact) mass is 690 g/mol. The van der Waals surface area contributed by atoms with E-state index in [-0.39, 0.29) is 36.5 Å². The largest absolute Gasteiger partial charge is 0.573 e. The van der Waals surface area contributed by atoms with Gasteiger partial charge in [-0.05, 0) is 29.8 Å². The van der Waals surface area contributed by atoms with E-state index in [1.807, 2.05) is 0 Å². The minimum atomic E-state index is -4.94. The zero-order chi connectivity index (χ0) is 33.9. The van der Waals surface area contributed by atoms with E-state index in [1.165, 1.54) is 25.3 Å². The summed E-state index contributed by atoms with van der Waals surface area (Å²) in [6.45, 7) is 1.44. The number of fused-ring (bicyclic) bond motifs is 1. The smallest absolute Gasteiger partial charge is 0.480 e. The SMILES string of the molecule is CCC(F)(F)c1ccc(CN)cc1.O=C(O)[C@H]1CN(c2nc3cn[nH]c(=O)c3s2)CCN1S(=O)(=O)c1ccc(OC(F)(F)F)cc1. The van der Waals surface area contributed by atoms with Gasteiger partial charge in [0, 0.05) is 38.2 Å². The molecule has 4 N–H and O–H groups in total. The number of carboxylic acids is 1. The van der Waals surface area contributed by atoms with Crippen LogP contribution in [0.15, 0.2) is 64.4 Å². The Morgan fingerprint density at radius 2 is 1.76 bits per heavy atom. The number of H-pyrrole nitrogens is 1. The molecule has 2 aromatic heterocycles. The highest BCUT2D eigenvalue weighted by Gasteiger charge is 2.41. The molecule has 0 unspecified atom stereocenters. The van der Waals surface area contributed by atoms with E-state index in [0.29, 0.717) is 21.9 Å². The maximum absolute atomic E-state index is 13.1. The fraction of sp³-hybridized carbons (Fsp3) is 0.333. The molecule has 46 heavy (non-hydrogen) atoms. The first kappa shape index (κ1) is 34.7. The Labute approximate surface area is 262 Å². The molecule has 0 radical (unpaired) electrons. The number of aromatic nitrogens is 3. The number of halogens is 5. The van der Waals surface area contributed by atoms with Crippen LogP contribution >= 0.6 is 11.3 Å². The average molecular weight is 691 g/mol. The number of alkyl halides is 5. The number of hydrogen-bond donors (Lipinski definition) is 3. The number of benzene rings is 2. The van der Waals surface area contributed by atoms with Gasteiger partial charge in [0.1, 0.15) is 22.0 Å². The Morgan fingerprint density at radius 1 is 1.11 bits per heavy atom. The van der Waals surface area contributed by atoms with Gasteiger partial charge >= 0.3 is 12.3 Å². The molecule has 2 aromatic carbocycles. The van der Waals surface area contributed by atoms with E-state index in [9.17, 15) is 45.1 Å². The topological polar surface area (TPSA) is 172 Å². The van der Waals surface area contributed by atoms with Crippen LogP contribution in [0, 0.1) is 0 Å². The summed E-state index contributed by atoms with van der Waals surface area (Å²) in [6, 6.07) is 8.13. The van der Waals surface area contributed by atoms with Crippen molar-refractivity contribution in [1.29, 1.82) is 0 Å². The number of nitrogens with one attached hydrogen (secondary N) is 1. The summed E-state index contributed by atoms with van der Waals surface area (Å²) in [7, 11) is -4.35. The van der Waals surface area contributed by atoms with Gasteiger partial charge in [0.05, 0.1) is 11.1 Å². The summed E-state index contributed by atoms with van der Waals surface area (Å²) in [5, 5.41) is 15.9. The molecule has 0 bridgehead atoms. The van der Waals surface area contributed by atoms with Crippen LogP contribution in [-0.4, -0.2) is 71.0 Å². The third-order valence-corrected chi connectivity index (χ3v) is 9.86. The van der Waals surface area contributed by atoms with Crippen molar-refractivity contribution in [1.82, 2.24) is 19.5 Å². The molecule has 12 nitrogen and oxygen atoms in total. The second-order valence-electron chi connectivity index (χ2n) is 9.80. The first-order valence-electron chi connectivity index (χ1n) is 13.4. The lowest BCUT2D eigenvalue weighted by Crippen LogP contribution is -2.58. The van der Waals surface area contributed by atoms with Crippen molar-refractivity contribution in [3.8, 4) is 5.75 Å². The van der Waals surface area contributed by atoms with Gasteiger partial charge in [0.15, 0.2) is 5.13 Å². The zero-order valence-corrected chi connectivity index (χ0v) is 25.5. The Morgan fingerprint density at radius 3 is 2.30 bits per heavy atom. The lowest BCUT2D eigenvalue weighted by Gasteiger charge is -2.38. The summed E-state index contributed by atoms with van der Waals surface area (Å²) in [6.07, 6.45) is -3.76. The summed E-state index contributed by atoms with van der Waals surface area (Å²) in [5.41, 5.74) is 6.15. The molecular formula is C27H27F5N6O6S2. The van der Waals surface area contributed by atoms with Gasteiger partial charge in [0.2, 0.25) is 10.0 Å². The minimum absolute atomic E-state index is 0.0622. The van der Waals surface area contributed by atoms with Gasteiger partial charge in [-0.25, -0.2) is 27.3 Å². The van der Waals surface area contributed by atoms with Gasteiger partial charge in [-0.3, -0.25) is 9.59 Å². The molecule has 1 atom stereocenters. The van der Waals surface area contributed by atoms with E-state index in [2.05, 4.69) is 19.9 Å². The number of ether oxygens (including phenoxy) is 1. The molecule has 248 valence electrons. The molecular weight excluding hydrogens is 663 g/mol. The van der Waals surface area contributed by atoms with Crippen molar-refractivity contribution in [2.45, 2.75) is 43.1 Å². The molecule has 1 saturated heterocycles. The fourth-order valence-electron chi connectivity index (χ4n) is 4.37. The van der Waals surface area contributed by atoms with Crippen LogP contribution in [0.25, 0.3) is 10.2 Å². The van der Waals surface area contributed by atoms with Crippen molar-refractivity contribution in [3.63, 3.8) is 0 Å². The normalized spacial score (nSPS) is 16.2. The van der Waals surface area contributed by atoms with Gasteiger partial charge in [-0.15, -0.1) is 13.2 Å².